The second kappa shape index (κ2) is 23.1. The molecule has 0 spiro atoms. The van der Waals surface area contributed by atoms with Crippen molar-refractivity contribution in [2.24, 2.45) is 0 Å². The quantitative estimate of drug-likeness (QED) is 0.0763. The van der Waals surface area contributed by atoms with Gasteiger partial charge in [0.1, 0.15) is 0 Å². The summed E-state index contributed by atoms with van der Waals surface area (Å²) < 4.78 is 28.6. The van der Waals surface area contributed by atoms with Gasteiger partial charge in [-0.25, -0.2) is 0 Å². The Morgan fingerprint density at radius 3 is 1.38 bits per heavy atom. The predicted molar refractivity (Wildman–Crippen MR) is 152 cm³/mol. The van der Waals surface area contributed by atoms with Crippen LogP contribution >= 0.6 is 0 Å². The first-order valence-electron chi connectivity index (χ1n) is 15.0. The first kappa shape index (κ1) is 35.0. The van der Waals surface area contributed by atoms with Crippen LogP contribution in [0.3, 0.4) is 0 Å². The van der Waals surface area contributed by atoms with E-state index in [0.29, 0.717) is 6.42 Å². The summed E-state index contributed by atoms with van der Waals surface area (Å²) in [6.07, 6.45) is 20.3. The molecule has 0 saturated heterocycles. The fraction of sp³-hybridized carbons (Fsp3) is 0.964. The summed E-state index contributed by atoms with van der Waals surface area (Å²) in [6, 6.07) is 0. The van der Waals surface area contributed by atoms with E-state index in [1.54, 1.807) is 0 Å². The fourth-order valence-corrected chi connectivity index (χ4v) is 43.4. The summed E-state index contributed by atoms with van der Waals surface area (Å²) in [4.78, 5) is 13.0. The van der Waals surface area contributed by atoms with E-state index < -0.39 is 38.4 Å². The number of rotatable bonds is 25. The molecule has 4 nitrogen and oxygen atoms in total. The first-order valence-corrected chi connectivity index (χ1v) is 27.9. The van der Waals surface area contributed by atoms with Crippen molar-refractivity contribution < 1.29 is 12.7 Å². The Morgan fingerprint density at radius 1 is 0.559 bits per heavy atom. The third-order valence-corrected chi connectivity index (χ3v) is 37.9. The monoisotopic (exact) mass is 700 g/mol. The van der Waals surface area contributed by atoms with Gasteiger partial charge in [0.15, 0.2) is 0 Å². The summed E-state index contributed by atoms with van der Waals surface area (Å²) in [5, 5.41) is 0. The van der Waals surface area contributed by atoms with Gasteiger partial charge >= 0.3 is 218 Å². The maximum absolute atomic E-state index is 13.0. The van der Waals surface area contributed by atoms with Gasteiger partial charge in [0, 0.05) is 0 Å². The summed E-state index contributed by atoms with van der Waals surface area (Å²) in [7, 11) is 0. The van der Waals surface area contributed by atoms with Crippen molar-refractivity contribution in [2.75, 3.05) is 0 Å². The molecule has 0 aliphatic heterocycles. The van der Waals surface area contributed by atoms with Crippen LogP contribution in [0.1, 0.15) is 150 Å². The van der Waals surface area contributed by atoms with E-state index in [-0.39, 0.29) is 5.97 Å². The molecule has 34 heavy (non-hydrogen) atoms. The number of carbonyl (C=O) groups is 1. The standard InChI is InChI=1S/C12H24O2.4C4H9.H2O.O.2Sn/c1-2-3-4-5-6-7-8-9-10-11-12(13)14;4*1-3-4-2;;;;/h2-11H2,1H3,(H,13,14);4*1,3-4H2,2H3;1H2;;;/q;;;;;;;2*+1/p-2. The van der Waals surface area contributed by atoms with E-state index in [1.165, 1.54) is 44.9 Å². The zero-order valence-electron chi connectivity index (χ0n) is 23.7. The van der Waals surface area contributed by atoms with Gasteiger partial charge in [-0.15, -0.1) is 0 Å². The van der Waals surface area contributed by atoms with Crippen LogP contribution in [0.5, 0.6) is 0 Å². The van der Waals surface area contributed by atoms with E-state index in [2.05, 4.69) is 34.6 Å². The molecule has 0 heterocycles. The third-order valence-electron chi connectivity index (χ3n) is 6.82. The zero-order valence-corrected chi connectivity index (χ0v) is 29.4. The van der Waals surface area contributed by atoms with Crippen LogP contribution < -0.4 is 0 Å². The van der Waals surface area contributed by atoms with Crippen LogP contribution in [0.25, 0.3) is 0 Å². The molecule has 0 aliphatic carbocycles. The molecule has 0 fully saturated rings. The average molecular weight is 698 g/mol. The number of carbonyl (C=O) groups excluding carboxylic acids is 1. The van der Waals surface area contributed by atoms with Crippen molar-refractivity contribution in [3.63, 3.8) is 0 Å². The van der Waals surface area contributed by atoms with Gasteiger partial charge in [0.2, 0.25) is 0 Å². The van der Waals surface area contributed by atoms with Gasteiger partial charge in [-0.05, 0) is 0 Å². The van der Waals surface area contributed by atoms with E-state index >= 15 is 0 Å². The Kier molecular flexibility index (Phi) is 23.8. The summed E-state index contributed by atoms with van der Waals surface area (Å²) >= 11 is -7.39. The average Bonchev–Trinajstić information content (AvgIpc) is 2.83. The minimum atomic E-state index is -3.72. The molecular formula is C28H60O4Sn2. The van der Waals surface area contributed by atoms with Crippen molar-refractivity contribution in [2.45, 2.75) is 168 Å². The van der Waals surface area contributed by atoms with Crippen molar-refractivity contribution >= 4 is 44.4 Å². The number of hydrogen-bond acceptors (Lipinski definition) is 4. The predicted octanol–water partition coefficient (Wildman–Crippen LogP) is 9.54. The van der Waals surface area contributed by atoms with Crippen LogP contribution in [0.4, 0.5) is 0 Å². The molecule has 204 valence electrons. The normalized spacial score (nSPS) is 12.3. The Balaban J connectivity index is 5.01. The molecule has 0 aromatic heterocycles. The Hall–Kier alpha value is 0.987. The molecule has 0 bridgehead atoms. The maximum atomic E-state index is 13.0. The summed E-state index contributed by atoms with van der Waals surface area (Å²) in [5.74, 6) is -0.0365. The molecule has 0 aliphatic rings. The molecule has 0 aromatic carbocycles. The van der Waals surface area contributed by atoms with Gasteiger partial charge < -0.3 is 0 Å². The van der Waals surface area contributed by atoms with Gasteiger partial charge in [0.05, 0.1) is 0 Å². The van der Waals surface area contributed by atoms with Crippen molar-refractivity contribution in [1.29, 1.82) is 0 Å². The molecule has 0 aromatic rings. The van der Waals surface area contributed by atoms with E-state index in [0.717, 1.165) is 82.0 Å². The van der Waals surface area contributed by atoms with E-state index in [1.807, 2.05) is 0 Å². The third kappa shape index (κ3) is 18.3. The Morgan fingerprint density at radius 2 is 0.941 bits per heavy atom. The minimum absolute atomic E-state index is 0.0365. The second-order valence-corrected chi connectivity index (χ2v) is 31.8. The number of unbranched alkanes of at least 4 members (excludes halogenated alkanes) is 12. The van der Waals surface area contributed by atoms with E-state index in [4.69, 9.17) is 4.49 Å². The topological polar surface area (TPSA) is 55.8 Å². The Bertz CT molecular complexity index is 457. The molecule has 0 saturated carbocycles. The number of hydrogen-bond donors (Lipinski definition) is 1. The SMILES string of the molecule is CCCCCCCCCCCC(=O)[O][Sn]([CH2]CCC)([CH2]CCC)[O][Sn]([OH])([CH2]CCC)[CH2]CCC. The molecule has 0 amide bonds. The summed E-state index contributed by atoms with van der Waals surface area (Å²) in [5.41, 5.74) is 0. The van der Waals surface area contributed by atoms with Gasteiger partial charge in [-0.1, -0.05) is 6.92 Å². The zero-order chi connectivity index (χ0) is 25.5. The van der Waals surface area contributed by atoms with Crippen LogP contribution in [-0.4, -0.2) is 47.8 Å². The van der Waals surface area contributed by atoms with Crippen molar-refractivity contribution in [1.82, 2.24) is 0 Å². The van der Waals surface area contributed by atoms with Gasteiger partial charge in [-0.3, -0.25) is 0 Å². The molecule has 0 radical (unpaired) electrons. The van der Waals surface area contributed by atoms with Crippen molar-refractivity contribution in [3.05, 3.63) is 0 Å². The first-order chi connectivity index (χ1) is 16.4. The van der Waals surface area contributed by atoms with Crippen LogP contribution in [-0.2, 0) is 9.28 Å². The molecule has 0 unspecified atom stereocenters. The molecule has 0 rings (SSSR count). The van der Waals surface area contributed by atoms with Crippen LogP contribution in [0.2, 0.25) is 17.7 Å². The molecular weight excluding hydrogens is 638 g/mol. The van der Waals surface area contributed by atoms with Gasteiger partial charge in [-0.2, -0.15) is 0 Å². The van der Waals surface area contributed by atoms with Crippen LogP contribution in [0.15, 0.2) is 0 Å². The molecule has 6 heteroatoms. The Labute approximate surface area is 223 Å². The fourth-order valence-electron chi connectivity index (χ4n) is 4.56. The second-order valence-electron chi connectivity index (χ2n) is 10.4. The van der Waals surface area contributed by atoms with Gasteiger partial charge in [0.25, 0.3) is 0 Å². The van der Waals surface area contributed by atoms with E-state index in [9.17, 15) is 8.24 Å². The molecule has 1 N–H and O–H groups in total. The molecule has 0 atom stereocenters. The van der Waals surface area contributed by atoms with Crippen LogP contribution in [0, 0.1) is 0 Å². The summed E-state index contributed by atoms with van der Waals surface area (Å²) in [6.45, 7) is 11.0. The van der Waals surface area contributed by atoms with Crippen molar-refractivity contribution in [3.8, 4) is 0 Å².